The van der Waals surface area contributed by atoms with Gasteiger partial charge in [-0.1, -0.05) is 53.7 Å². The number of methoxy groups -OCH3 is 1. The number of aryl methyl sites for hydroxylation is 1. The Kier molecular flexibility index (Phi) is 7.54. The number of aromatic nitrogens is 2. The molecule has 8 heteroatoms. The Morgan fingerprint density at radius 1 is 1.23 bits per heavy atom. The molecular weight excluding hydrogens is 422 g/mol. The molecule has 1 amide bonds. The zero-order valence-electron chi connectivity index (χ0n) is 16.7. The van der Waals surface area contributed by atoms with Gasteiger partial charge >= 0.3 is 0 Å². The van der Waals surface area contributed by atoms with Crippen molar-refractivity contribution in [2.75, 3.05) is 7.11 Å². The van der Waals surface area contributed by atoms with Crippen molar-refractivity contribution in [1.29, 1.82) is 0 Å². The number of nitrogens with zero attached hydrogens (tertiary/aromatic N) is 1. The Bertz CT molecular complexity index is 1100. The monoisotopic (exact) mass is 443 g/mol. The summed E-state index contributed by atoms with van der Waals surface area (Å²) in [6.45, 7) is 2.06. The molecule has 2 aromatic carbocycles. The Labute approximate surface area is 184 Å². The van der Waals surface area contributed by atoms with E-state index in [-0.39, 0.29) is 17.9 Å². The maximum Gasteiger partial charge on any atom is 0.255 e. The molecule has 0 fully saturated rings. The van der Waals surface area contributed by atoms with Crippen LogP contribution < -0.4 is 15.6 Å². The standard InChI is InChI=1S/C22H22ClN3O3S/c1-14-18(11-20(27)24-12-16-7-3-4-9-19(16)29-2)21(28)26-22(25-14)30-13-15-6-5-8-17(23)10-15/h3-10H,11-13H2,1-2H3,(H,24,27)(H,25,26,28). The summed E-state index contributed by atoms with van der Waals surface area (Å²) in [6, 6.07) is 15.0. The third-order valence-corrected chi connectivity index (χ3v) is 5.65. The van der Waals surface area contributed by atoms with Crippen LogP contribution in [0.3, 0.4) is 0 Å². The van der Waals surface area contributed by atoms with Gasteiger partial charge in [-0.05, 0) is 30.7 Å². The minimum absolute atomic E-state index is 0.0391. The summed E-state index contributed by atoms with van der Waals surface area (Å²) in [5, 5.41) is 4.00. The van der Waals surface area contributed by atoms with Crippen molar-refractivity contribution in [3.05, 3.63) is 86.3 Å². The van der Waals surface area contributed by atoms with E-state index in [0.717, 1.165) is 11.1 Å². The number of rotatable bonds is 8. The van der Waals surface area contributed by atoms with E-state index in [2.05, 4.69) is 15.3 Å². The lowest BCUT2D eigenvalue weighted by Gasteiger charge is -2.10. The molecule has 0 radical (unpaired) electrons. The third kappa shape index (κ3) is 5.87. The molecule has 6 nitrogen and oxygen atoms in total. The number of para-hydroxylation sites is 1. The van der Waals surface area contributed by atoms with Crippen molar-refractivity contribution >= 4 is 29.3 Å². The zero-order chi connectivity index (χ0) is 21.5. The van der Waals surface area contributed by atoms with Gasteiger partial charge < -0.3 is 15.0 Å². The largest absolute Gasteiger partial charge is 0.496 e. The van der Waals surface area contributed by atoms with E-state index >= 15 is 0 Å². The smallest absolute Gasteiger partial charge is 0.255 e. The first-order valence-electron chi connectivity index (χ1n) is 9.32. The molecule has 0 saturated heterocycles. The molecule has 1 aromatic heterocycles. The number of carbonyl (C=O) groups excluding carboxylic acids is 1. The molecular formula is C22H22ClN3O3S. The van der Waals surface area contributed by atoms with Crippen LogP contribution in [-0.2, 0) is 23.5 Å². The molecule has 0 aliphatic rings. The second-order valence-corrected chi connectivity index (χ2v) is 8.02. The van der Waals surface area contributed by atoms with Crippen molar-refractivity contribution in [3.8, 4) is 5.75 Å². The van der Waals surface area contributed by atoms with Gasteiger partial charge in [-0.3, -0.25) is 9.59 Å². The van der Waals surface area contributed by atoms with Gasteiger partial charge in [-0.15, -0.1) is 0 Å². The van der Waals surface area contributed by atoms with E-state index in [1.807, 2.05) is 48.5 Å². The average molecular weight is 444 g/mol. The molecule has 0 atom stereocenters. The minimum atomic E-state index is -0.302. The fraction of sp³-hybridized carbons (Fsp3) is 0.227. The fourth-order valence-corrected chi connectivity index (χ4v) is 3.97. The quantitative estimate of drug-likeness (QED) is 0.407. The lowest BCUT2D eigenvalue weighted by molar-refractivity contribution is -0.120. The van der Waals surface area contributed by atoms with Crippen molar-refractivity contribution in [3.63, 3.8) is 0 Å². The van der Waals surface area contributed by atoms with Crippen LogP contribution in [0.1, 0.15) is 22.4 Å². The number of nitrogens with one attached hydrogen (secondary N) is 2. The molecule has 30 heavy (non-hydrogen) atoms. The van der Waals surface area contributed by atoms with Gasteiger partial charge in [-0.2, -0.15) is 0 Å². The van der Waals surface area contributed by atoms with Gasteiger partial charge in [-0.25, -0.2) is 4.98 Å². The number of benzene rings is 2. The van der Waals surface area contributed by atoms with Crippen LogP contribution in [0, 0.1) is 6.92 Å². The lowest BCUT2D eigenvalue weighted by Crippen LogP contribution is -2.29. The van der Waals surface area contributed by atoms with E-state index in [0.29, 0.717) is 39.5 Å². The molecule has 0 unspecified atom stereocenters. The minimum Gasteiger partial charge on any atom is -0.496 e. The maximum absolute atomic E-state index is 12.5. The molecule has 1 heterocycles. The average Bonchev–Trinajstić information content (AvgIpc) is 2.73. The number of hydrogen-bond donors (Lipinski definition) is 2. The SMILES string of the molecule is COc1ccccc1CNC(=O)Cc1c(C)nc(SCc2cccc(Cl)c2)[nH]c1=O. The molecule has 0 aliphatic carbocycles. The number of carbonyl (C=O) groups is 1. The molecule has 0 saturated carbocycles. The Morgan fingerprint density at radius 3 is 2.77 bits per heavy atom. The summed E-state index contributed by atoms with van der Waals surface area (Å²) in [4.78, 5) is 32.1. The Balaban J connectivity index is 1.62. The second-order valence-electron chi connectivity index (χ2n) is 6.62. The van der Waals surface area contributed by atoms with Crippen LogP contribution in [0.15, 0.2) is 58.5 Å². The van der Waals surface area contributed by atoms with Crippen LogP contribution in [0.2, 0.25) is 5.02 Å². The molecule has 156 valence electrons. The summed E-state index contributed by atoms with van der Waals surface area (Å²) < 4.78 is 5.28. The van der Waals surface area contributed by atoms with Crippen LogP contribution in [0.4, 0.5) is 0 Å². The summed E-state index contributed by atoms with van der Waals surface area (Å²) in [5.74, 6) is 1.08. The third-order valence-electron chi connectivity index (χ3n) is 4.47. The van der Waals surface area contributed by atoms with E-state index in [9.17, 15) is 9.59 Å². The molecule has 0 aliphatic heterocycles. The predicted molar refractivity (Wildman–Crippen MR) is 119 cm³/mol. The highest BCUT2D eigenvalue weighted by Gasteiger charge is 2.14. The first-order chi connectivity index (χ1) is 14.5. The van der Waals surface area contributed by atoms with E-state index in [1.165, 1.54) is 11.8 Å². The van der Waals surface area contributed by atoms with Crippen LogP contribution in [0.5, 0.6) is 5.75 Å². The van der Waals surface area contributed by atoms with Gasteiger partial charge in [0.15, 0.2) is 5.16 Å². The van der Waals surface area contributed by atoms with E-state index < -0.39 is 0 Å². The summed E-state index contributed by atoms with van der Waals surface area (Å²) in [5.41, 5.74) is 2.50. The maximum atomic E-state index is 12.5. The highest BCUT2D eigenvalue weighted by Crippen LogP contribution is 2.21. The van der Waals surface area contributed by atoms with E-state index in [1.54, 1.807) is 14.0 Å². The number of hydrogen-bond acceptors (Lipinski definition) is 5. The number of halogens is 1. The first kappa shape index (κ1) is 21.9. The van der Waals surface area contributed by atoms with Gasteiger partial charge in [0.2, 0.25) is 5.91 Å². The molecule has 0 spiro atoms. The van der Waals surface area contributed by atoms with Crippen molar-refractivity contribution in [1.82, 2.24) is 15.3 Å². The highest BCUT2D eigenvalue weighted by molar-refractivity contribution is 7.98. The van der Waals surface area contributed by atoms with Crippen LogP contribution >= 0.6 is 23.4 Å². The zero-order valence-corrected chi connectivity index (χ0v) is 18.3. The number of thioether (sulfide) groups is 1. The predicted octanol–water partition coefficient (Wildman–Crippen LogP) is 3.89. The van der Waals surface area contributed by atoms with Gasteiger partial charge in [0, 0.05) is 34.1 Å². The first-order valence-corrected chi connectivity index (χ1v) is 10.7. The van der Waals surface area contributed by atoms with Gasteiger partial charge in [0.25, 0.3) is 5.56 Å². The summed E-state index contributed by atoms with van der Waals surface area (Å²) >= 11 is 7.41. The number of ether oxygens (including phenoxy) is 1. The normalized spacial score (nSPS) is 10.6. The lowest BCUT2D eigenvalue weighted by atomic mass is 10.1. The van der Waals surface area contributed by atoms with E-state index in [4.69, 9.17) is 16.3 Å². The number of aromatic amines is 1. The highest BCUT2D eigenvalue weighted by atomic mass is 35.5. The van der Waals surface area contributed by atoms with Crippen molar-refractivity contribution < 1.29 is 9.53 Å². The molecule has 3 aromatic rings. The Hall–Kier alpha value is -2.77. The number of H-pyrrole nitrogens is 1. The van der Waals surface area contributed by atoms with Crippen molar-refractivity contribution in [2.24, 2.45) is 0 Å². The molecule has 3 rings (SSSR count). The van der Waals surface area contributed by atoms with Gasteiger partial charge in [0.1, 0.15) is 5.75 Å². The fourth-order valence-electron chi connectivity index (χ4n) is 2.91. The summed E-state index contributed by atoms with van der Waals surface area (Å²) in [6.07, 6.45) is -0.0391. The second kappa shape index (κ2) is 10.3. The topological polar surface area (TPSA) is 84.1 Å². The molecule has 0 bridgehead atoms. The molecule has 2 N–H and O–H groups in total. The van der Waals surface area contributed by atoms with Gasteiger partial charge in [0.05, 0.1) is 13.5 Å². The number of amides is 1. The van der Waals surface area contributed by atoms with Crippen LogP contribution in [-0.4, -0.2) is 23.0 Å². The summed E-state index contributed by atoms with van der Waals surface area (Å²) in [7, 11) is 1.58. The van der Waals surface area contributed by atoms with Crippen LogP contribution in [0.25, 0.3) is 0 Å². The Morgan fingerprint density at radius 2 is 2.03 bits per heavy atom. The van der Waals surface area contributed by atoms with Crippen molar-refractivity contribution in [2.45, 2.75) is 30.8 Å².